The zero-order valence-electron chi connectivity index (χ0n) is 15.5. The molecule has 1 aromatic heterocycles. The Kier molecular flexibility index (Phi) is 5.09. The van der Waals surface area contributed by atoms with Crippen LogP contribution in [0.1, 0.15) is 18.2 Å². The molecule has 27 heavy (non-hydrogen) atoms. The Morgan fingerprint density at radius 1 is 1.22 bits per heavy atom. The van der Waals surface area contributed by atoms with Crippen molar-refractivity contribution in [3.8, 4) is 0 Å². The topological polar surface area (TPSA) is 64.6 Å². The number of piperazine rings is 1. The maximum absolute atomic E-state index is 11.8. The number of benzene rings is 1. The van der Waals surface area contributed by atoms with Gasteiger partial charge in [0.2, 0.25) is 4.77 Å². The third kappa shape index (κ3) is 3.95. The number of para-hydroxylation sites is 1. The predicted molar refractivity (Wildman–Crippen MR) is 107 cm³/mol. The average molecular weight is 409 g/mol. The predicted octanol–water partition coefficient (Wildman–Crippen LogP) is 0.216. The van der Waals surface area contributed by atoms with E-state index in [0.717, 1.165) is 38.7 Å². The first-order valence-electron chi connectivity index (χ1n) is 9.41. The zero-order chi connectivity index (χ0) is 19.0. The molecule has 2 aromatic rings. The van der Waals surface area contributed by atoms with Crippen molar-refractivity contribution in [2.24, 2.45) is 7.05 Å². The molecule has 0 saturated carbocycles. The van der Waals surface area contributed by atoms with Crippen molar-refractivity contribution >= 4 is 27.7 Å². The molecule has 3 heterocycles. The molecule has 2 fully saturated rings. The molecule has 0 amide bonds. The van der Waals surface area contributed by atoms with Crippen molar-refractivity contribution in [3.05, 3.63) is 40.9 Å². The minimum absolute atomic E-state index is 0.0344. The molecular weight excluding hydrogens is 382 g/mol. The Hall–Kier alpha value is -1.71. The van der Waals surface area contributed by atoms with Gasteiger partial charge >= 0.3 is 0 Å². The highest BCUT2D eigenvalue weighted by Gasteiger charge is 2.33. The molecule has 1 N–H and O–H groups in total. The van der Waals surface area contributed by atoms with Crippen LogP contribution in [0.2, 0.25) is 0 Å². The zero-order valence-corrected chi connectivity index (χ0v) is 17.2. The van der Waals surface area contributed by atoms with E-state index in [0.29, 0.717) is 11.2 Å². The third-order valence-electron chi connectivity index (χ3n) is 5.64. The van der Waals surface area contributed by atoms with Gasteiger partial charge in [0.1, 0.15) is 5.82 Å². The first kappa shape index (κ1) is 18.6. The van der Waals surface area contributed by atoms with Gasteiger partial charge in [0.25, 0.3) is 0 Å². The highest BCUT2D eigenvalue weighted by Crippen LogP contribution is 2.27. The summed E-state index contributed by atoms with van der Waals surface area (Å²) in [4.78, 5) is 3.86. The van der Waals surface area contributed by atoms with Crippen LogP contribution < -0.4 is 9.80 Å². The number of aromatic nitrogens is 3. The molecule has 4 rings (SSSR count). The summed E-state index contributed by atoms with van der Waals surface area (Å²) in [6.07, 6.45) is 0.643. The molecule has 0 unspecified atom stereocenters. The van der Waals surface area contributed by atoms with E-state index in [-0.39, 0.29) is 17.4 Å². The van der Waals surface area contributed by atoms with Crippen molar-refractivity contribution in [2.45, 2.75) is 19.0 Å². The Morgan fingerprint density at radius 3 is 2.56 bits per heavy atom. The van der Waals surface area contributed by atoms with E-state index in [1.807, 2.05) is 22.4 Å². The van der Waals surface area contributed by atoms with Crippen molar-refractivity contribution in [2.75, 3.05) is 42.6 Å². The van der Waals surface area contributed by atoms with Crippen molar-refractivity contribution < 1.29 is 13.3 Å². The van der Waals surface area contributed by atoms with Gasteiger partial charge in [-0.05, 0) is 30.8 Å². The number of sulfone groups is 1. The Labute approximate surface area is 165 Å². The summed E-state index contributed by atoms with van der Waals surface area (Å²) in [5.74, 6) is 1.22. The molecule has 7 nitrogen and oxygen atoms in total. The molecule has 0 spiro atoms. The van der Waals surface area contributed by atoms with Gasteiger partial charge in [0.15, 0.2) is 16.5 Å². The normalized spacial score (nSPS) is 23.0. The van der Waals surface area contributed by atoms with Gasteiger partial charge in [-0.3, -0.25) is 0 Å². The molecule has 2 saturated heterocycles. The highest BCUT2D eigenvalue weighted by atomic mass is 32.2. The molecule has 2 aliphatic heterocycles. The average Bonchev–Trinajstić information content (AvgIpc) is 3.17. The Morgan fingerprint density at radius 2 is 1.93 bits per heavy atom. The second-order valence-electron chi connectivity index (χ2n) is 7.53. The Bertz CT molecular complexity index is 959. The van der Waals surface area contributed by atoms with Crippen LogP contribution in [0.4, 0.5) is 5.69 Å². The summed E-state index contributed by atoms with van der Waals surface area (Å²) < 4.78 is 28.0. The van der Waals surface area contributed by atoms with Crippen LogP contribution in [-0.2, 0) is 23.6 Å². The smallest absolute Gasteiger partial charge is 0.202 e. The van der Waals surface area contributed by atoms with Gasteiger partial charge in [-0.1, -0.05) is 18.2 Å². The monoisotopic (exact) mass is 408 g/mol. The SMILES string of the molecule is Cn1c([C@@H]2CCS(=O)(=O)C2)nn(C[NH+]2CCN(c3ccccc3)CC2)c1=S. The molecule has 0 bridgehead atoms. The summed E-state index contributed by atoms with van der Waals surface area (Å²) in [6.45, 7) is 4.80. The molecule has 0 radical (unpaired) electrons. The number of quaternary nitrogens is 1. The first-order valence-corrected chi connectivity index (χ1v) is 11.6. The molecule has 1 atom stereocenters. The van der Waals surface area contributed by atoms with Crippen LogP contribution in [-0.4, -0.2) is 60.5 Å². The van der Waals surface area contributed by atoms with Gasteiger partial charge in [0, 0.05) is 18.7 Å². The van der Waals surface area contributed by atoms with Gasteiger partial charge < -0.3 is 14.4 Å². The molecule has 0 aliphatic carbocycles. The molecular formula is C18H26N5O2S2+. The van der Waals surface area contributed by atoms with E-state index in [1.54, 1.807) is 0 Å². The number of anilines is 1. The third-order valence-corrected chi connectivity index (χ3v) is 7.89. The lowest BCUT2D eigenvalue weighted by molar-refractivity contribution is -0.924. The minimum atomic E-state index is -2.93. The number of nitrogens with one attached hydrogen (secondary N) is 1. The summed E-state index contributed by atoms with van der Waals surface area (Å²) in [6, 6.07) is 10.5. The number of rotatable bonds is 4. The summed E-state index contributed by atoms with van der Waals surface area (Å²) in [5, 5.41) is 4.70. The molecule has 2 aliphatic rings. The van der Waals surface area contributed by atoms with Crippen LogP contribution in [0.5, 0.6) is 0 Å². The second-order valence-corrected chi connectivity index (χ2v) is 10.1. The molecule has 1 aromatic carbocycles. The van der Waals surface area contributed by atoms with Crippen LogP contribution >= 0.6 is 12.2 Å². The van der Waals surface area contributed by atoms with E-state index < -0.39 is 9.84 Å². The second kappa shape index (κ2) is 7.37. The van der Waals surface area contributed by atoms with E-state index in [4.69, 9.17) is 17.3 Å². The fraction of sp³-hybridized carbons (Fsp3) is 0.556. The summed E-state index contributed by atoms with van der Waals surface area (Å²) >= 11 is 5.57. The van der Waals surface area contributed by atoms with Crippen LogP contribution in [0.3, 0.4) is 0 Å². The number of hydrogen-bond acceptors (Lipinski definition) is 5. The lowest BCUT2D eigenvalue weighted by atomic mass is 10.1. The van der Waals surface area contributed by atoms with Crippen molar-refractivity contribution in [1.82, 2.24) is 14.3 Å². The number of nitrogens with zero attached hydrogens (tertiary/aromatic N) is 4. The summed E-state index contributed by atoms with van der Waals surface area (Å²) in [5.41, 5.74) is 1.27. The largest absolute Gasteiger partial charge is 0.360 e. The van der Waals surface area contributed by atoms with Crippen LogP contribution in [0.25, 0.3) is 0 Å². The maximum Gasteiger partial charge on any atom is 0.202 e. The quantitative estimate of drug-likeness (QED) is 0.733. The molecule has 9 heteroatoms. The van der Waals surface area contributed by atoms with Crippen LogP contribution in [0, 0.1) is 4.77 Å². The van der Waals surface area contributed by atoms with Gasteiger partial charge in [-0.15, -0.1) is 0 Å². The molecule has 146 valence electrons. The fourth-order valence-corrected chi connectivity index (χ4v) is 5.99. The van der Waals surface area contributed by atoms with Crippen LogP contribution in [0.15, 0.2) is 30.3 Å². The highest BCUT2D eigenvalue weighted by molar-refractivity contribution is 7.91. The summed E-state index contributed by atoms with van der Waals surface area (Å²) in [7, 11) is -1.03. The standard InChI is InChI=1S/C18H25N5O2S2/c1-20-17(15-7-12-27(24,25)13-15)19-23(18(20)26)14-21-8-10-22(11-9-21)16-5-3-2-4-6-16/h2-6,15H,7-14H2,1H3/p+1/t15-/m1/s1. The minimum Gasteiger partial charge on any atom is -0.360 e. The lowest BCUT2D eigenvalue weighted by Crippen LogP contribution is -3.14. The van der Waals surface area contributed by atoms with Gasteiger partial charge in [-0.25, -0.2) is 8.42 Å². The van der Waals surface area contributed by atoms with E-state index >= 15 is 0 Å². The van der Waals surface area contributed by atoms with E-state index in [1.165, 1.54) is 10.6 Å². The fourth-order valence-electron chi connectivity index (χ4n) is 4.05. The first-order chi connectivity index (χ1) is 12.9. The van der Waals surface area contributed by atoms with Crippen molar-refractivity contribution in [1.29, 1.82) is 0 Å². The van der Waals surface area contributed by atoms with E-state index in [9.17, 15) is 8.42 Å². The van der Waals surface area contributed by atoms with Gasteiger partial charge in [-0.2, -0.15) is 9.78 Å². The lowest BCUT2D eigenvalue weighted by Gasteiger charge is -2.33. The van der Waals surface area contributed by atoms with E-state index in [2.05, 4.69) is 29.2 Å². The maximum atomic E-state index is 11.8. The Balaban J connectivity index is 1.42. The number of hydrogen-bond donors (Lipinski definition) is 1. The van der Waals surface area contributed by atoms with Crippen molar-refractivity contribution in [3.63, 3.8) is 0 Å². The van der Waals surface area contributed by atoms with Gasteiger partial charge in [0.05, 0.1) is 37.7 Å².